The largest absolute Gasteiger partial charge is 0.474 e. The highest BCUT2D eigenvalue weighted by atomic mass is 31.2. The summed E-state index contributed by atoms with van der Waals surface area (Å²) in [5.41, 5.74) is 0. The van der Waals surface area contributed by atoms with E-state index in [9.17, 15) is 9.36 Å². The van der Waals surface area contributed by atoms with Gasteiger partial charge in [0.05, 0.1) is 0 Å². The molecule has 0 radical (unpaired) electrons. The predicted octanol–water partition coefficient (Wildman–Crippen LogP) is 2.41. The maximum absolute atomic E-state index is 11.6. The molecular formula is C11H19O5P. The van der Waals surface area contributed by atoms with Gasteiger partial charge in [0.2, 0.25) is 0 Å². The van der Waals surface area contributed by atoms with Crippen molar-refractivity contribution in [2.45, 2.75) is 26.7 Å². The first-order chi connectivity index (χ1) is 7.99. The molecule has 0 amide bonds. The molecule has 5 nitrogen and oxygen atoms in total. The molecule has 0 saturated heterocycles. The Balaban J connectivity index is 4.07. The average Bonchev–Trinajstić information content (AvgIpc) is 2.35. The van der Waals surface area contributed by atoms with E-state index >= 15 is 0 Å². The second-order valence-electron chi connectivity index (χ2n) is 3.42. The number of ketones is 1. The number of hydrogen-bond donors (Lipinski definition) is 0. The quantitative estimate of drug-likeness (QED) is 0.496. The van der Waals surface area contributed by atoms with Gasteiger partial charge in [0.1, 0.15) is 6.61 Å². The van der Waals surface area contributed by atoms with Crippen molar-refractivity contribution in [3.63, 3.8) is 0 Å². The van der Waals surface area contributed by atoms with E-state index in [0.717, 1.165) is 0 Å². The Kier molecular flexibility index (Phi) is 8.11. The molecule has 98 valence electrons. The number of rotatable bonds is 8. The van der Waals surface area contributed by atoms with Crippen molar-refractivity contribution in [2.24, 2.45) is 5.92 Å². The molecule has 0 spiro atoms. The van der Waals surface area contributed by atoms with Gasteiger partial charge in [-0.1, -0.05) is 6.92 Å². The fraction of sp³-hybridized carbons (Fsp3) is 0.727. The van der Waals surface area contributed by atoms with Crippen LogP contribution in [0.15, 0.2) is 0 Å². The summed E-state index contributed by atoms with van der Waals surface area (Å²) in [4.78, 5) is 11.6. The number of carbonyl (C=O) groups excluding carboxylic acids is 1. The van der Waals surface area contributed by atoms with Crippen LogP contribution in [0, 0.1) is 17.8 Å². The predicted molar refractivity (Wildman–Crippen MR) is 64.4 cm³/mol. The van der Waals surface area contributed by atoms with Gasteiger partial charge >= 0.3 is 7.82 Å². The minimum Gasteiger partial charge on any atom is -0.297 e. The molecule has 0 fully saturated rings. The molecule has 0 aliphatic heterocycles. The van der Waals surface area contributed by atoms with Crippen LogP contribution in [0.4, 0.5) is 0 Å². The smallest absolute Gasteiger partial charge is 0.297 e. The minimum absolute atomic E-state index is 0.141. The van der Waals surface area contributed by atoms with Crippen LogP contribution in [-0.4, -0.2) is 26.6 Å². The molecule has 0 aromatic rings. The lowest BCUT2D eigenvalue weighted by Crippen LogP contribution is -2.17. The number of hydrogen-bond acceptors (Lipinski definition) is 5. The van der Waals surface area contributed by atoms with Crippen molar-refractivity contribution in [1.82, 2.24) is 0 Å². The van der Waals surface area contributed by atoms with E-state index in [4.69, 9.17) is 4.52 Å². The van der Waals surface area contributed by atoms with Gasteiger partial charge in [0.25, 0.3) is 0 Å². The number of phosphoric ester groups is 1. The molecule has 0 aliphatic carbocycles. The highest BCUT2D eigenvalue weighted by Gasteiger charge is 2.25. The summed E-state index contributed by atoms with van der Waals surface area (Å²) in [6.45, 7) is 3.26. The normalized spacial score (nSPS) is 12.7. The molecular weight excluding hydrogens is 243 g/mol. The fourth-order valence-electron chi connectivity index (χ4n) is 1.04. The van der Waals surface area contributed by atoms with Gasteiger partial charge in [0, 0.05) is 26.6 Å². The Hall–Kier alpha value is -0.660. The summed E-state index contributed by atoms with van der Waals surface area (Å²) in [6, 6.07) is 0. The Morgan fingerprint density at radius 3 is 2.41 bits per heavy atom. The van der Waals surface area contributed by atoms with Crippen LogP contribution >= 0.6 is 7.82 Å². The molecule has 0 saturated carbocycles. The zero-order valence-corrected chi connectivity index (χ0v) is 11.6. The Morgan fingerprint density at radius 1 is 1.35 bits per heavy atom. The van der Waals surface area contributed by atoms with E-state index in [1.807, 2.05) is 0 Å². The maximum Gasteiger partial charge on any atom is 0.474 e. The van der Waals surface area contributed by atoms with Crippen molar-refractivity contribution in [3.8, 4) is 11.8 Å². The van der Waals surface area contributed by atoms with Crippen LogP contribution in [0.25, 0.3) is 0 Å². The van der Waals surface area contributed by atoms with Gasteiger partial charge in [-0.25, -0.2) is 4.57 Å². The Morgan fingerprint density at radius 2 is 1.94 bits per heavy atom. The highest BCUT2D eigenvalue weighted by molar-refractivity contribution is 7.48. The number of carbonyl (C=O) groups is 1. The van der Waals surface area contributed by atoms with Crippen LogP contribution in [0.2, 0.25) is 0 Å². The molecule has 0 aromatic carbocycles. The van der Waals surface area contributed by atoms with E-state index < -0.39 is 7.82 Å². The topological polar surface area (TPSA) is 61.8 Å². The van der Waals surface area contributed by atoms with Gasteiger partial charge in [-0.2, -0.15) is 0 Å². The van der Waals surface area contributed by atoms with Gasteiger partial charge in [-0.3, -0.25) is 18.4 Å². The van der Waals surface area contributed by atoms with Crippen LogP contribution in [-0.2, 0) is 22.9 Å². The van der Waals surface area contributed by atoms with Crippen LogP contribution in [0.3, 0.4) is 0 Å². The van der Waals surface area contributed by atoms with E-state index in [2.05, 4.69) is 20.9 Å². The molecule has 17 heavy (non-hydrogen) atoms. The summed E-state index contributed by atoms with van der Waals surface area (Å²) in [6.07, 6.45) is 1.32. The first-order valence-corrected chi connectivity index (χ1v) is 6.73. The lowest BCUT2D eigenvalue weighted by Gasteiger charge is -2.14. The first-order valence-electron chi connectivity index (χ1n) is 5.27. The summed E-state index contributed by atoms with van der Waals surface area (Å²) < 4.78 is 25.4. The van der Waals surface area contributed by atoms with E-state index in [1.54, 1.807) is 13.8 Å². The van der Waals surface area contributed by atoms with E-state index in [1.165, 1.54) is 14.2 Å². The van der Waals surface area contributed by atoms with Crippen LogP contribution in [0.5, 0.6) is 0 Å². The number of phosphoric acid groups is 1. The second kappa shape index (κ2) is 8.43. The van der Waals surface area contributed by atoms with E-state index in [0.29, 0.717) is 12.8 Å². The molecule has 0 heterocycles. The average molecular weight is 262 g/mol. The zero-order chi connectivity index (χ0) is 13.3. The van der Waals surface area contributed by atoms with Gasteiger partial charge in [0.15, 0.2) is 5.78 Å². The van der Waals surface area contributed by atoms with Crippen LogP contribution in [0.1, 0.15) is 26.7 Å². The molecule has 0 aliphatic rings. The molecule has 1 unspecified atom stereocenters. The molecule has 0 aromatic heterocycles. The Labute approximate surface area is 102 Å². The standard InChI is InChI=1S/C11H19O5P/c1-5-6-7-8-10(2)11(12)9-16-17(13,14-3)15-4/h10H,7-9H2,1-4H3. The van der Waals surface area contributed by atoms with Crippen molar-refractivity contribution in [1.29, 1.82) is 0 Å². The van der Waals surface area contributed by atoms with E-state index in [-0.39, 0.29) is 18.3 Å². The molecule has 6 heteroatoms. The fourth-order valence-corrected chi connectivity index (χ4v) is 1.68. The van der Waals surface area contributed by atoms with Gasteiger partial charge in [-0.05, 0) is 13.3 Å². The third-order valence-electron chi connectivity index (χ3n) is 2.24. The summed E-state index contributed by atoms with van der Waals surface area (Å²) in [7, 11) is -1.15. The zero-order valence-electron chi connectivity index (χ0n) is 10.7. The second-order valence-corrected chi connectivity index (χ2v) is 5.30. The third-order valence-corrected chi connectivity index (χ3v) is 3.58. The van der Waals surface area contributed by atoms with Crippen molar-refractivity contribution >= 4 is 13.6 Å². The highest BCUT2D eigenvalue weighted by Crippen LogP contribution is 2.47. The third kappa shape index (κ3) is 6.60. The first kappa shape index (κ1) is 16.3. The Bertz CT molecular complexity index is 334. The summed E-state index contributed by atoms with van der Waals surface area (Å²) in [5.74, 6) is 5.32. The van der Waals surface area contributed by atoms with Crippen molar-refractivity contribution in [2.75, 3.05) is 20.8 Å². The van der Waals surface area contributed by atoms with Crippen molar-refractivity contribution in [3.05, 3.63) is 0 Å². The minimum atomic E-state index is -3.56. The lowest BCUT2D eigenvalue weighted by molar-refractivity contribution is -0.125. The van der Waals surface area contributed by atoms with Crippen LogP contribution < -0.4 is 0 Å². The van der Waals surface area contributed by atoms with Crippen molar-refractivity contribution < 1.29 is 22.9 Å². The SMILES string of the molecule is CC#CCCC(C)C(=O)COP(=O)(OC)OC. The summed E-state index contributed by atoms with van der Waals surface area (Å²) in [5, 5.41) is 0. The number of Topliss-reactive ketones (excluding diaryl/α,β-unsaturated/α-hetero) is 1. The maximum atomic E-state index is 11.6. The van der Waals surface area contributed by atoms with Gasteiger partial charge < -0.3 is 0 Å². The molecule has 1 atom stereocenters. The summed E-state index contributed by atoms with van der Waals surface area (Å²) >= 11 is 0. The molecule has 0 bridgehead atoms. The lowest BCUT2D eigenvalue weighted by atomic mass is 10.0. The molecule has 0 N–H and O–H groups in total. The molecule has 0 rings (SSSR count). The van der Waals surface area contributed by atoms with Gasteiger partial charge in [-0.15, -0.1) is 11.8 Å². The monoisotopic (exact) mass is 262 g/mol.